The van der Waals surface area contributed by atoms with Gasteiger partial charge in [0, 0.05) is 0 Å². The Balaban J connectivity index is 0. The van der Waals surface area contributed by atoms with Crippen molar-refractivity contribution in [3.8, 4) is 0 Å². The summed E-state index contributed by atoms with van der Waals surface area (Å²) in [6, 6.07) is 0. The van der Waals surface area contributed by atoms with E-state index < -0.39 is 33.7 Å². The van der Waals surface area contributed by atoms with E-state index in [1.54, 1.807) is 0 Å². The molecule has 0 aromatic rings. The summed E-state index contributed by atoms with van der Waals surface area (Å²) in [5, 5.41) is -1.93. The van der Waals surface area contributed by atoms with E-state index in [2.05, 4.69) is 13.8 Å². The van der Waals surface area contributed by atoms with Gasteiger partial charge < -0.3 is 9.47 Å². The first-order valence-electron chi connectivity index (χ1n) is 12.6. The number of hydrogen-bond donors (Lipinski definition) is 1. The van der Waals surface area contributed by atoms with Crippen LogP contribution in [0.1, 0.15) is 123 Å². The van der Waals surface area contributed by atoms with Crippen molar-refractivity contribution >= 4 is 51.6 Å². The first-order chi connectivity index (χ1) is 15.3. The van der Waals surface area contributed by atoms with E-state index in [0.29, 0.717) is 12.8 Å². The van der Waals surface area contributed by atoms with Gasteiger partial charge in [0.05, 0.1) is 19.6 Å². The maximum absolute atomic E-state index is 12.1. The topological polar surface area (TPSA) is 107 Å². The van der Waals surface area contributed by atoms with Crippen molar-refractivity contribution in [1.29, 1.82) is 0 Å². The molecule has 0 rings (SSSR count). The van der Waals surface area contributed by atoms with Gasteiger partial charge in [-0.1, -0.05) is 104 Å². The summed E-state index contributed by atoms with van der Waals surface area (Å²) in [6.07, 6.45) is 16.6. The number of carbonyl (C=O) groups is 2. The summed E-state index contributed by atoms with van der Waals surface area (Å²) in [7, 11) is -4.75. The molecule has 0 aromatic carbocycles. The molecule has 0 radical (unpaired) electrons. The molecule has 0 bridgehead atoms. The van der Waals surface area contributed by atoms with Crippen LogP contribution < -0.4 is 0 Å². The Bertz CT molecular complexity index is 581. The molecule has 1 atom stereocenters. The Labute approximate surface area is 224 Å². The third-order valence-corrected chi connectivity index (χ3v) is 6.56. The van der Waals surface area contributed by atoms with E-state index >= 15 is 0 Å². The molecular weight excluding hydrogens is 455 g/mol. The molecule has 0 spiro atoms. The number of rotatable bonds is 22. The Morgan fingerprint density at radius 3 is 1.42 bits per heavy atom. The van der Waals surface area contributed by atoms with Crippen molar-refractivity contribution in [2.24, 2.45) is 0 Å². The molecule has 0 aliphatic heterocycles. The van der Waals surface area contributed by atoms with Gasteiger partial charge in [-0.05, 0) is 12.8 Å². The van der Waals surface area contributed by atoms with Crippen LogP contribution in [-0.4, -0.2) is 72.9 Å². The molecule has 9 heteroatoms. The van der Waals surface area contributed by atoms with Crippen LogP contribution in [0.15, 0.2) is 0 Å². The first kappa shape index (κ1) is 35.0. The molecule has 0 saturated heterocycles. The number of unbranched alkanes of at least 4 members (excludes halogenated alkanes) is 14. The molecule has 0 aromatic heterocycles. The molecule has 7 nitrogen and oxygen atoms in total. The van der Waals surface area contributed by atoms with Crippen LogP contribution in [0.25, 0.3) is 0 Å². The predicted molar refractivity (Wildman–Crippen MR) is 134 cm³/mol. The normalized spacial score (nSPS) is 12.1. The van der Waals surface area contributed by atoms with Crippen LogP contribution in [0.4, 0.5) is 0 Å². The van der Waals surface area contributed by atoms with Crippen molar-refractivity contribution < 1.29 is 32.0 Å². The van der Waals surface area contributed by atoms with Crippen LogP contribution in [0.2, 0.25) is 0 Å². The van der Waals surface area contributed by atoms with Gasteiger partial charge in [-0.15, -0.1) is 0 Å². The standard InChI is InChI=1S/C24H46O7S.Na.H/c1-3-5-7-9-11-13-15-17-19-30-23(25)21-22(32(27,28)29)24(26)31-20-18-16-14-12-10-8-6-4-2;;/h22H,3-21H2,1-2H3,(H,27,28,29);;. The van der Waals surface area contributed by atoms with Gasteiger partial charge in [0.15, 0.2) is 5.25 Å². The molecule has 1 unspecified atom stereocenters. The second kappa shape index (κ2) is 23.6. The summed E-state index contributed by atoms with van der Waals surface area (Å²) < 4.78 is 42.4. The zero-order chi connectivity index (χ0) is 24.1. The predicted octanol–water partition coefficient (Wildman–Crippen LogP) is 5.35. The number of hydrogen-bond acceptors (Lipinski definition) is 6. The number of carbonyl (C=O) groups excluding carboxylic acids is 2. The van der Waals surface area contributed by atoms with Crippen molar-refractivity contribution in [2.75, 3.05) is 13.2 Å². The average molecular weight is 503 g/mol. The zero-order valence-corrected chi connectivity index (χ0v) is 21.1. The van der Waals surface area contributed by atoms with Gasteiger partial charge >= 0.3 is 41.5 Å². The van der Waals surface area contributed by atoms with Crippen LogP contribution in [0, 0.1) is 0 Å². The zero-order valence-electron chi connectivity index (χ0n) is 20.3. The van der Waals surface area contributed by atoms with E-state index in [0.717, 1.165) is 38.5 Å². The van der Waals surface area contributed by atoms with E-state index in [1.165, 1.54) is 51.4 Å². The summed E-state index contributed by atoms with van der Waals surface area (Å²) in [5.74, 6) is -1.92. The minimum absolute atomic E-state index is 0. The van der Waals surface area contributed by atoms with Crippen molar-refractivity contribution in [3.63, 3.8) is 0 Å². The fourth-order valence-electron chi connectivity index (χ4n) is 3.44. The summed E-state index contributed by atoms with van der Waals surface area (Å²) in [6.45, 7) is 4.61. The van der Waals surface area contributed by atoms with Gasteiger partial charge in [-0.2, -0.15) is 8.42 Å². The molecule has 0 amide bonds. The van der Waals surface area contributed by atoms with E-state index in [4.69, 9.17) is 9.47 Å². The SMILES string of the molecule is CCCCCCCCCCOC(=O)CC(C(=O)OCCCCCCCCCC)S(=O)(=O)O.[NaH]. The summed E-state index contributed by atoms with van der Waals surface area (Å²) in [4.78, 5) is 24.0. The van der Waals surface area contributed by atoms with E-state index in [-0.39, 0.29) is 42.8 Å². The molecule has 1 N–H and O–H groups in total. The molecular formula is C24H47NaO7S. The van der Waals surface area contributed by atoms with E-state index in [9.17, 15) is 22.6 Å². The maximum atomic E-state index is 12.1. The van der Waals surface area contributed by atoms with Gasteiger partial charge in [0.1, 0.15) is 0 Å². The van der Waals surface area contributed by atoms with Crippen molar-refractivity contribution in [3.05, 3.63) is 0 Å². The third-order valence-electron chi connectivity index (χ3n) is 5.48. The quantitative estimate of drug-likeness (QED) is 0.0920. The monoisotopic (exact) mass is 502 g/mol. The molecule has 192 valence electrons. The van der Waals surface area contributed by atoms with Gasteiger partial charge in [-0.25, -0.2) is 0 Å². The second-order valence-electron chi connectivity index (χ2n) is 8.55. The van der Waals surface area contributed by atoms with Crippen LogP contribution in [0.3, 0.4) is 0 Å². The van der Waals surface area contributed by atoms with E-state index in [1.807, 2.05) is 0 Å². The Kier molecular flexibility index (Phi) is 25.0. The van der Waals surface area contributed by atoms with Gasteiger partial charge in [0.2, 0.25) is 0 Å². The number of esters is 2. The Morgan fingerprint density at radius 1 is 0.667 bits per heavy atom. The number of ether oxygens (including phenoxy) is 2. The fourth-order valence-corrected chi connectivity index (χ4v) is 4.10. The Hall–Kier alpha value is -0.150. The van der Waals surface area contributed by atoms with Crippen molar-refractivity contribution in [1.82, 2.24) is 0 Å². The molecule has 0 aliphatic carbocycles. The first-order valence-corrected chi connectivity index (χ1v) is 14.1. The van der Waals surface area contributed by atoms with Crippen molar-refractivity contribution in [2.45, 2.75) is 128 Å². The summed E-state index contributed by atoms with van der Waals surface area (Å²) >= 11 is 0. The molecule has 0 aliphatic rings. The van der Waals surface area contributed by atoms with Crippen LogP contribution in [0.5, 0.6) is 0 Å². The third kappa shape index (κ3) is 22.1. The van der Waals surface area contributed by atoms with Crippen LogP contribution in [-0.2, 0) is 29.2 Å². The molecule has 33 heavy (non-hydrogen) atoms. The van der Waals surface area contributed by atoms with Gasteiger partial charge in [0.25, 0.3) is 10.1 Å². The van der Waals surface area contributed by atoms with Crippen LogP contribution >= 0.6 is 0 Å². The fraction of sp³-hybridized carbons (Fsp3) is 0.917. The Morgan fingerprint density at radius 2 is 1.03 bits per heavy atom. The average Bonchev–Trinajstić information content (AvgIpc) is 2.74. The molecule has 0 heterocycles. The minimum atomic E-state index is -4.75. The second-order valence-corrected chi connectivity index (χ2v) is 10.1. The molecule has 0 fully saturated rings. The molecule has 0 saturated carbocycles. The van der Waals surface area contributed by atoms with Gasteiger partial charge in [-0.3, -0.25) is 14.1 Å². The summed E-state index contributed by atoms with van der Waals surface area (Å²) in [5.41, 5.74) is 0.